The van der Waals surface area contributed by atoms with Gasteiger partial charge >= 0.3 is 0 Å². The lowest BCUT2D eigenvalue weighted by Crippen LogP contribution is -1.93. The van der Waals surface area contributed by atoms with E-state index in [2.05, 4.69) is 70.6 Å². The maximum Gasteiger partial charge on any atom is 0.223 e. The molecule has 5 rings (SSSR count). The summed E-state index contributed by atoms with van der Waals surface area (Å²) in [4.78, 5) is 8.99. The molecule has 0 bridgehead atoms. The van der Waals surface area contributed by atoms with Crippen LogP contribution >= 0.6 is 11.6 Å². The van der Waals surface area contributed by atoms with Gasteiger partial charge in [0.05, 0.1) is 11.2 Å². The topological polar surface area (TPSA) is 25.8 Å². The summed E-state index contributed by atoms with van der Waals surface area (Å²) in [5.74, 6) is 0. The lowest BCUT2D eigenvalue weighted by atomic mass is 9.94. The lowest BCUT2D eigenvalue weighted by Gasteiger charge is -2.12. The molecule has 0 unspecified atom stereocenters. The van der Waals surface area contributed by atoms with Crippen LogP contribution in [0.25, 0.3) is 44.1 Å². The van der Waals surface area contributed by atoms with Crippen LogP contribution in [-0.4, -0.2) is 9.97 Å². The fourth-order valence-corrected chi connectivity index (χ4v) is 3.73. The van der Waals surface area contributed by atoms with Crippen molar-refractivity contribution in [2.75, 3.05) is 0 Å². The molecule has 1 aromatic heterocycles. The van der Waals surface area contributed by atoms with Crippen LogP contribution < -0.4 is 0 Å². The van der Waals surface area contributed by atoms with E-state index in [1.807, 2.05) is 30.3 Å². The van der Waals surface area contributed by atoms with E-state index in [-0.39, 0.29) is 5.28 Å². The molecule has 0 N–H and O–H groups in total. The number of para-hydroxylation sites is 1. The third-order valence-electron chi connectivity index (χ3n) is 4.80. The fraction of sp³-hybridized carbons (Fsp3) is 0. The quantitative estimate of drug-likeness (QED) is 0.322. The van der Waals surface area contributed by atoms with E-state index in [4.69, 9.17) is 11.6 Å². The van der Waals surface area contributed by atoms with Gasteiger partial charge in [-0.2, -0.15) is 0 Å². The minimum atomic E-state index is 0.262. The predicted octanol–water partition coefficient (Wildman–Crippen LogP) is 6.77. The van der Waals surface area contributed by atoms with Crippen LogP contribution in [0.15, 0.2) is 91.0 Å². The van der Waals surface area contributed by atoms with Crippen molar-refractivity contribution in [3.63, 3.8) is 0 Å². The Hall–Kier alpha value is -3.23. The van der Waals surface area contributed by atoms with E-state index in [0.717, 1.165) is 33.1 Å². The van der Waals surface area contributed by atoms with Crippen LogP contribution in [0.5, 0.6) is 0 Å². The summed E-state index contributed by atoms with van der Waals surface area (Å²) in [6.45, 7) is 0. The van der Waals surface area contributed by atoms with Crippen molar-refractivity contribution in [2.24, 2.45) is 0 Å². The molecule has 0 saturated carbocycles. The normalized spacial score (nSPS) is 11.1. The first kappa shape index (κ1) is 16.0. The number of benzene rings is 4. The first-order valence-electron chi connectivity index (χ1n) is 8.80. The molecule has 0 aliphatic carbocycles. The van der Waals surface area contributed by atoms with Gasteiger partial charge in [-0.15, -0.1) is 0 Å². The molecule has 0 amide bonds. The van der Waals surface area contributed by atoms with Crippen LogP contribution in [0, 0.1) is 0 Å². The molecular formula is C24H15ClN2. The van der Waals surface area contributed by atoms with Gasteiger partial charge in [0.15, 0.2) is 0 Å². The number of rotatable bonds is 2. The number of fused-ring (bicyclic) bond motifs is 2. The van der Waals surface area contributed by atoms with E-state index >= 15 is 0 Å². The van der Waals surface area contributed by atoms with Crippen molar-refractivity contribution >= 4 is 33.3 Å². The van der Waals surface area contributed by atoms with E-state index in [9.17, 15) is 0 Å². The second-order valence-corrected chi connectivity index (χ2v) is 6.81. The van der Waals surface area contributed by atoms with Gasteiger partial charge in [-0.25, -0.2) is 9.97 Å². The van der Waals surface area contributed by atoms with Gasteiger partial charge in [-0.05, 0) is 51.7 Å². The van der Waals surface area contributed by atoms with Gasteiger partial charge in [-0.1, -0.05) is 72.8 Å². The molecule has 0 atom stereocenters. The fourth-order valence-electron chi connectivity index (χ4n) is 3.56. The zero-order valence-corrected chi connectivity index (χ0v) is 15.2. The third kappa shape index (κ3) is 2.84. The Morgan fingerprint density at radius 2 is 1.30 bits per heavy atom. The maximum absolute atomic E-state index is 6.26. The molecule has 0 saturated heterocycles. The SMILES string of the molecule is Clc1nc(-c2cc(-c3ccccc3)cc3ccccc23)c2ccccc2n1. The Kier molecular flexibility index (Phi) is 3.84. The van der Waals surface area contributed by atoms with Crippen molar-refractivity contribution in [2.45, 2.75) is 0 Å². The van der Waals surface area contributed by atoms with E-state index < -0.39 is 0 Å². The summed E-state index contributed by atoms with van der Waals surface area (Å²) in [5, 5.41) is 3.58. The molecule has 4 aromatic carbocycles. The average molecular weight is 367 g/mol. The van der Waals surface area contributed by atoms with Crippen LogP contribution in [0.4, 0.5) is 0 Å². The van der Waals surface area contributed by atoms with E-state index in [1.165, 1.54) is 10.9 Å². The molecule has 3 heteroatoms. The van der Waals surface area contributed by atoms with Crippen LogP contribution in [-0.2, 0) is 0 Å². The largest absolute Gasteiger partial charge is 0.223 e. The first-order chi connectivity index (χ1) is 13.3. The number of aromatic nitrogens is 2. The zero-order chi connectivity index (χ0) is 18.2. The highest BCUT2D eigenvalue weighted by Gasteiger charge is 2.13. The monoisotopic (exact) mass is 366 g/mol. The number of hydrogen-bond donors (Lipinski definition) is 0. The standard InChI is InChI=1S/C24H15ClN2/c25-24-26-22-13-7-6-12-20(22)23(27-24)21-15-18(16-8-2-1-3-9-16)14-17-10-4-5-11-19(17)21/h1-15H. The van der Waals surface area contributed by atoms with Crippen LogP contribution in [0.3, 0.4) is 0 Å². The molecule has 1 heterocycles. The molecule has 128 valence electrons. The van der Waals surface area contributed by atoms with Crippen LogP contribution in [0.2, 0.25) is 5.28 Å². The molecule has 0 aliphatic heterocycles. The number of hydrogen-bond acceptors (Lipinski definition) is 2. The highest BCUT2D eigenvalue weighted by atomic mass is 35.5. The zero-order valence-electron chi connectivity index (χ0n) is 14.4. The van der Waals surface area contributed by atoms with Crippen LogP contribution in [0.1, 0.15) is 0 Å². The first-order valence-corrected chi connectivity index (χ1v) is 9.18. The summed E-state index contributed by atoms with van der Waals surface area (Å²) >= 11 is 6.26. The predicted molar refractivity (Wildman–Crippen MR) is 113 cm³/mol. The second-order valence-electron chi connectivity index (χ2n) is 6.47. The van der Waals surface area contributed by atoms with Gasteiger partial charge in [0, 0.05) is 10.9 Å². The Balaban J connectivity index is 1.89. The van der Waals surface area contributed by atoms with E-state index in [1.54, 1.807) is 0 Å². The lowest BCUT2D eigenvalue weighted by molar-refractivity contribution is 1.23. The number of nitrogens with zero attached hydrogens (tertiary/aromatic N) is 2. The molecule has 0 aliphatic rings. The van der Waals surface area contributed by atoms with E-state index in [0.29, 0.717) is 0 Å². The van der Waals surface area contributed by atoms with Gasteiger partial charge in [0.2, 0.25) is 5.28 Å². The Morgan fingerprint density at radius 1 is 0.593 bits per heavy atom. The summed E-state index contributed by atoms with van der Waals surface area (Å²) in [5.41, 5.74) is 5.10. The molecule has 0 fully saturated rings. The highest BCUT2D eigenvalue weighted by molar-refractivity contribution is 6.29. The smallest absolute Gasteiger partial charge is 0.218 e. The number of halogens is 1. The van der Waals surface area contributed by atoms with Gasteiger partial charge in [-0.3, -0.25) is 0 Å². The van der Waals surface area contributed by atoms with Crippen molar-refractivity contribution < 1.29 is 0 Å². The molecule has 5 aromatic rings. The summed E-state index contributed by atoms with van der Waals surface area (Å²) < 4.78 is 0. The van der Waals surface area contributed by atoms with Gasteiger partial charge < -0.3 is 0 Å². The minimum absolute atomic E-state index is 0.262. The summed E-state index contributed by atoms with van der Waals surface area (Å²) in [6, 6.07) is 31.2. The van der Waals surface area contributed by atoms with Crippen molar-refractivity contribution in [1.82, 2.24) is 9.97 Å². The Bertz CT molecular complexity index is 1280. The molecule has 27 heavy (non-hydrogen) atoms. The highest BCUT2D eigenvalue weighted by Crippen LogP contribution is 2.36. The molecule has 2 nitrogen and oxygen atoms in total. The maximum atomic E-state index is 6.26. The van der Waals surface area contributed by atoms with Crippen molar-refractivity contribution in [3.05, 3.63) is 96.3 Å². The molecule has 0 spiro atoms. The molecular weight excluding hydrogens is 352 g/mol. The van der Waals surface area contributed by atoms with Crippen molar-refractivity contribution in [3.8, 4) is 22.4 Å². The third-order valence-corrected chi connectivity index (χ3v) is 4.97. The minimum Gasteiger partial charge on any atom is -0.218 e. The Morgan fingerprint density at radius 3 is 2.15 bits per heavy atom. The average Bonchev–Trinajstić information content (AvgIpc) is 2.73. The molecule has 0 radical (unpaired) electrons. The summed E-state index contributed by atoms with van der Waals surface area (Å²) in [6.07, 6.45) is 0. The second kappa shape index (κ2) is 6.49. The van der Waals surface area contributed by atoms with Gasteiger partial charge in [0.1, 0.15) is 0 Å². The Labute approximate surface area is 162 Å². The summed E-state index contributed by atoms with van der Waals surface area (Å²) in [7, 11) is 0. The van der Waals surface area contributed by atoms with Gasteiger partial charge in [0.25, 0.3) is 0 Å². The van der Waals surface area contributed by atoms with Crippen molar-refractivity contribution in [1.29, 1.82) is 0 Å².